The van der Waals surface area contributed by atoms with Crippen molar-refractivity contribution in [3.63, 3.8) is 0 Å². The predicted octanol–water partition coefficient (Wildman–Crippen LogP) is 6.17. The molecule has 1 amide bonds. The predicted molar refractivity (Wildman–Crippen MR) is 113 cm³/mol. The first-order valence-corrected chi connectivity index (χ1v) is 10.7. The number of rotatable bonds is 4. The molecule has 1 aliphatic heterocycles. The Morgan fingerprint density at radius 2 is 1.83 bits per heavy atom. The number of alkyl halides is 6. The third-order valence-electron chi connectivity index (χ3n) is 6.10. The molecule has 1 fully saturated rings. The van der Waals surface area contributed by atoms with Crippen LogP contribution in [0.5, 0.6) is 0 Å². The number of oxime groups is 1. The summed E-state index contributed by atoms with van der Waals surface area (Å²) in [6, 6.07) is 6.12. The molecule has 2 aromatic carbocycles. The van der Waals surface area contributed by atoms with Gasteiger partial charge in [-0.3, -0.25) is 4.79 Å². The number of nitrogens with one attached hydrogen (secondary N) is 1. The van der Waals surface area contributed by atoms with E-state index in [4.69, 9.17) is 16.9 Å². The maximum absolute atomic E-state index is 14.7. The van der Waals surface area contributed by atoms with E-state index in [2.05, 4.69) is 15.3 Å². The van der Waals surface area contributed by atoms with Crippen LogP contribution in [0.25, 0.3) is 0 Å². The van der Waals surface area contributed by atoms with Crippen molar-refractivity contribution < 1.29 is 40.4 Å². The highest BCUT2D eigenvalue weighted by atomic mass is 35.5. The Morgan fingerprint density at radius 3 is 2.36 bits per heavy atom. The van der Waals surface area contributed by atoms with Gasteiger partial charge in [0.1, 0.15) is 11.4 Å². The zero-order valence-electron chi connectivity index (χ0n) is 18.2. The van der Waals surface area contributed by atoms with Crippen LogP contribution < -0.4 is 5.32 Å². The maximum Gasteiger partial charge on any atom is 0.435 e. The number of carbonyl (C=O) groups excluding carboxylic acids is 1. The van der Waals surface area contributed by atoms with Crippen LogP contribution >= 0.6 is 11.6 Å². The monoisotopic (exact) mass is 533 g/mol. The first-order chi connectivity index (χ1) is 16.6. The average molecular weight is 534 g/mol. The van der Waals surface area contributed by atoms with Crippen molar-refractivity contribution in [2.75, 3.05) is 0 Å². The highest BCUT2D eigenvalue weighted by Crippen LogP contribution is 2.51. The first-order valence-electron chi connectivity index (χ1n) is 10.4. The van der Waals surface area contributed by atoms with Crippen LogP contribution in [0.3, 0.4) is 0 Å². The first kappa shape index (κ1) is 25.8. The molecule has 0 bridgehead atoms. The Morgan fingerprint density at radius 1 is 1.17 bits per heavy atom. The Bertz CT molecular complexity index is 1330. The van der Waals surface area contributed by atoms with Gasteiger partial charge in [-0.2, -0.15) is 31.6 Å². The zero-order chi connectivity index (χ0) is 26.7. The second-order valence-electron chi connectivity index (χ2n) is 8.63. The number of aryl methyl sites for hydroxylation is 1. The summed E-state index contributed by atoms with van der Waals surface area (Å²) in [4.78, 5) is 17.2. The van der Waals surface area contributed by atoms with Gasteiger partial charge < -0.3 is 10.2 Å². The average Bonchev–Trinajstić information content (AvgIpc) is 3.39. The van der Waals surface area contributed by atoms with Gasteiger partial charge in [0.25, 0.3) is 11.5 Å². The minimum atomic E-state index is -5.38. The lowest BCUT2D eigenvalue weighted by molar-refractivity contribution is -0.276. The van der Waals surface area contributed by atoms with E-state index >= 15 is 0 Å². The van der Waals surface area contributed by atoms with Gasteiger partial charge in [0.2, 0.25) is 0 Å². The van der Waals surface area contributed by atoms with Crippen LogP contribution in [-0.4, -0.2) is 23.3 Å². The smallest absolute Gasteiger partial charge is 0.374 e. The minimum absolute atomic E-state index is 0.00869. The van der Waals surface area contributed by atoms with Gasteiger partial charge in [0.15, 0.2) is 0 Å². The van der Waals surface area contributed by atoms with Crippen LogP contribution in [0, 0.1) is 24.1 Å². The van der Waals surface area contributed by atoms with Gasteiger partial charge in [-0.05, 0) is 55.2 Å². The third kappa shape index (κ3) is 4.36. The summed E-state index contributed by atoms with van der Waals surface area (Å²) in [7, 11) is 0. The van der Waals surface area contributed by atoms with Gasteiger partial charge >= 0.3 is 12.4 Å². The Labute approximate surface area is 204 Å². The number of halogens is 8. The lowest BCUT2D eigenvalue weighted by Crippen LogP contribution is -2.43. The van der Waals surface area contributed by atoms with E-state index < -0.39 is 57.8 Å². The van der Waals surface area contributed by atoms with E-state index in [0.29, 0.717) is 18.4 Å². The largest absolute Gasteiger partial charge is 0.435 e. The number of nitrogens with zero attached hydrogens (tertiary/aromatic N) is 2. The molecule has 0 radical (unpaired) electrons. The fourth-order valence-electron chi connectivity index (χ4n) is 3.86. The van der Waals surface area contributed by atoms with Crippen molar-refractivity contribution in [3.8, 4) is 6.07 Å². The standard InChI is InChI=1S/C23H15ClF7N3O2/c1-11-6-12(2-3-14(11)19(35)33-20(10-32)4-5-20)17-9-21(36-34-17,23(29,30)31)15-7-13(22(26,27)28)8-16(24)18(15)25/h2-3,6-8H,4-5,9H2,1H3,(H,33,35)/t21-/m1/s1. The second kappa shape index (κ2) is 8.37. The molecule has 2 aliphatic rings. The number of carbonyl (C=O) groups is 1. The lowest BCUT2D eigenvalue weighted by Gasteiger charge is -2.30. The van der Waals surface area contributed by atoms with Crippen molar-refractivity contribution in [1.29, 1.82) is 5.26 Å². The van der Waals surface area contributed by atoms with E-state index in [0.717, 1.165) is 0 Å². The van der Waals surface area contributed by atoms with Gasteiger partial charge in [0, 0.05) is 11.1 Å². The molecule has 0 spiro atoms. The molecular formula is C23H15ClF7N3O2. The molecule has 0 saturated heterocycles. The highest BCUT2D eigenvalue weighted by molar-refractivity contribution is 6.30. The van der Waals surface area contributed by atoms with Crippen molar-refractivity contribution in [2.45, 2.75) is 49.7 Å². The topological polar surface area (TPSA) is 74.5 Å². The molecule has 1 aliphatic carbocycles. The fourth-order valence-corrected chi connectivity index (χ4v) is 4.08. The summed E-state index contributed by atoms with van der Waals surface area (Å²) in [6.45, 7) is 1.50. The van der Waals surface area contributed by atoms with Crippen molar-refractivity contribution >= 4 is 23.2 Å². The molecule has 0 unspecified atom stereocenters. The van der Waals surface area contributed by atoms with E-state index in [1.54, 1.807) is 0 Å². The molecular weight excluding hydrogens is 519 g/mol. The number of hydrogen-bond acceptors (Lipinski definition) is 4. The van der Waals surface area contributed by atoms with Crippen molar-refractivity contribution in [1.82, 2.24) is 5.32 Å². The van der Waals surface area contributed by atoms with Gasteiger partial charge in [0.05, 0.1) is 28.8 Å². The Balaban J connectivity index is 1.69. The summed E-state index contributed by atoms with van der Waals surface area (Å²) in [5.41, 5.74) is -7.28. The van der Waals surface area contributed by atoms with E-state index in [1.165, 1.54) is 25.1 Å². The molecule has 1 heterocycles. The molecule has 1 atom stereocenters. The second-order valence-corrected chi connectivity index (χ2v) is 9.03. The molecule has 13 heteroatoms. The SMILES string of the molecule is Cc1cc(C2=NO[C@](c3cc(C(F)(F)F)cc(Cl)c3F)(C(F)(F)F)C2)ccc1C(=O)NC1(C#N)CC1. The highest BCUT2D eigenvalue weighted by Gasteiger charge is 2.64. The molecule has 1 N–H and O–H groups in total. The maximum atomic E-state index is 14.7. The number of nitriles is 1. The summed E-state index contributed by atoms with van der Waals surface area (Å²) in [5, 5.41) is 14.0. The van der Waals surface area contributed by atoms with Crippen LogP contribution in [0.1, 0.15) is 51.9 Å². The normalized spacial score (nSPS) is 20.8. The fraction of sp³-hybridized carbons (Fsp3) is 0.348. The summed E-state index contributed by atoms with van der Waals surface area (Å²) in [5.74, 6) is -2.26. The van der Waals surface area contributed by atoms with Crippen LogP contribution in [0.2, 0.25) is 5.02 Å². The van der Waals surface area contributed by atoms with Crippen LogP contribution in [-0.2, 0) is 16.6 Å². The van der Waals surface area contributed by atoms with Crippen molar-refractivity contribution in [2.24, 2.45) is 5.16 Å². The summed E-state index contributed by atoms with van der Waals surface area (Å²) >= 11 is 5.50. The summed E-state index contributed by atoms with van der Waals surface area (Å²) < 4.78 is 97.0. The van der Waals surface area contributed by atoms with Gasteiger partial charge in [-0.1, -0.05) is 22.8 Å². The molecule has 36 heavy (non-hydrogen) atoms. The Hall–Kier alpha value is -3.33. The van der Waals surface area contributed by atoms with Crippen LogP contribution in [0.15, 0.2) is 35.5 Å². The molecule has 1 saturated carbocycles. The van der Waals surface area contributed by atoms with E-state index in [9.17, 15) is 35.5 Å². The number of hydrogen-bond donors (Lipinski definition) is 1. The molecule has 0 aromatic heterocycles. The van der Waals surface area contributed by atoms with Crippen LogP contribution in [0.4, 0.5) is 30.7 Å². The van der Waals surface area contributed by atoms with Gasteiger partial charge in [-0.15, -0.1) is 0 Å². The van der Waals surface area contributed by atoms with E-state index in [-0.39, 0.29) is 29.0 Å². The Kier molecular flexibility index (Phi) is 5.99. The quantitative estimate of drug-likeness (QED) is 0.477. The zero-order valence-corrected chi connectivity index (χ0v) is 19.0. The lowest BCUT2D eigenvalue weighted by atomic mass is 9.85. The number of benzene rings is 2. The van der Waals surface area contributed by atoms with E-state index in [1.807, 2.05) is 6.07 Å². The molecule has 2 aromatic rings. The number of amides is 1. The van der Waals surface area contributed by atoms with Gasteiger partial charge in [-0.25, -0.2) is 4.39 Å². The molecule has 5 nitrogen and oxygen atoms in total. The van der Waals surface area contributed by atoms with Crippen molar-refractivity contribution in [3.05, 3.63) is 69.0 Å². The summed E-state index contributed by atoms with van der Waals surface area (Å²) in [6.07, 6.45) is -10.6. The molecule has 190 valence electrons. The molecule has 4 rings (SSSR count). The third-order valence-corrected chi connectivity index (χ3v) is 6.37. The minimum Gasteiger partial charge on any atom is -0.374 e.